The molecule has 22 heavy (non-hydrogen) atoms. The molecule has 1 aliphatic carbocycles. The van der Waals surface area contributed by atoms with E-state index < -0.39 is 0 Å². The van der Waals surface area contributed by atoms with Crippen molar-refractivity contribution in [1.29, 1.82) is 0 Å². The average molecular weight is 302 g/mol. The number of aromatic amines is 1. The summed E-state index contributed by atoms with van der Waals surface area (Å²) in [7, 11) is 1.82. The van der Waals surface area contributed by atoms with Gasteiger partial charge in [-0.2, -0.15) is 5.21 Å². The zero-order valence-corrected chi connectivity index (χ0v) is 13.1. The van der Waals surface area contributed by atoms with Crippen LogP contribution in [0.5, 0.6) is 0 Å². The maximum atomic E-state index is 12.7. The molecule has 0 spiro atoms. The van der Waals surface area contributed by atoms with E-state index in [0.29, 0.717) is 18.4 Å². The van der Waals surface area contributed by atoms with Gasteiger partial charge >= 0.3 is 0 Å². The highest BCUT2D eigenvalue weighted by Gasteiger charge is 2.24. The fourth-order valence-corrected chi connectivity index (χ4v) is 3.23. The molecule has 7 nitrogen and oxygen atoms in total. The summed E-state index contributed by atoms with van der Waals surface area (Å²) in [6.07, 6.45) is 6.86. The molecule has 0 bridgehead atoms. The van der Waals surface area contributed by atoms with Crippen LogP contribution in [-0.2, 0) is 0 Å². The first-order chi connectivity index (χ1) is 10.7. The van der Waals surface area contributed by atoms with E-state index in [2.05, 4.69) is 25.2 Å². The molecule has 118 valence electrons. The zero-order valence-electron chi connectivity index (χ0n) is 13.1. The fraction of sp³-hybridized carbons (Fsp3) is 0.600. The summed E-state index contributed by atoms with van der Waals surface area (Å²) in [4.78, 5) is 14.5. The number of rotatable bonds is 5. The van der Waals surface area contributed by atoms with Crippen molar-refractivity contribution in [3.05, 3.63) is 29.8 Å². The number of carbonyl (C=O) groups is 1. The number of tetrazole rings is 1. The van der Waals surface area contributed by atoms with Gasteiger partial charge in [-0.05, 0) is 25.0 Å². The number of likely N-dealkylation sites (N-methyl/N-ethyl adjacent to an activating group) is 1. The summed E-state index contributed by atoms with van der Waals surface area (Å²) in [5, 5.41) is 14.0. The second-order valence-corrected chi connectivity index (χ2v) is 6.10. The monoisotopic (exact) mass is 302 g/mol. The van der Waals surface area contributed by atoms with Crippen molar-refractivity contribution in [3.63, 3.8) is 0 Å². The van der Waals surface area contributed by atoms with E-state index in [1.54, 1.807) is 4.90 Å². The number of H-pyrrole nitrogens is 1. The highest BCUT2D eigenvalue weighted by molar-refractivity contribution is 5.92. The van der Waals surface area contributed by atoms with Crippen molar-refractivity contribution in [2.45, 2.75) is 44.6 Å². The molecule has 0 saturated heterocycles. The molecule has 1 fully saturated rings. The van der Waals surface area contributed by atoms with Crippen LogP contribution in [0.1, 0.15) is 60.9 Å². The molecule has 1 amide bonds. The SMILES string of the molecule is CC(CN(C)C(=O)c1cccn1C1CCCC1)c1nn[nH]n1. The Hall–Kier alpha value is -2.18. The minimum absolute atomic E-state index is 0.0441. The van der Waals surface area contributed by atoms with Gasteiger partial charge in [0, 0.05) is 31.7 Å². The first-order valence-corrected chi connectivity index (χ1v) is 7.82. The number of hydrogen-bond donors (Lipinski definition) is 1. The van der Waals surface area contributed by atoms with Gasteiger partial charge in [0.05, 0.1) is 0 Å². The molecule has 2 aromatic rings. The fourth-order valence-electron chi connectivity index (χ4n) is 3.23. The van der Waals surface area contributed by atoms with E-state index in [-0.39, 0.29) is 11.8 Å². The van der Waals surface area contributed by atoms with Crippen molar-refractivity contribution < 1.29 is 4.79 Å². The van der Waals surface area contributed by atoms with Crippen molar-refractivity contribution in [3.8, 4) is 0 Å². The van der Waals surface area contributed by atoms with Gasteiger partial charge in [-0.1, -0.05) is 25.0 Å². The summed E-state index contributed by atoms with van der Waals surface area (Å²) in [5.74, 6) is 0.723. The van der Waals surface area contributed by atoms with Crippen molar-refractivity contribution in [2.24, 2.45) is 0 Å². The van der Waals surface area contributed by atoms with Gasteiger partial charge in [0.1, 0.15) is 5.69 Å². The number of nitrogens with one attached hydrogen (secondary N) is 1. The molecule has 1 N–H and O–H groups in total. The third-order valence-electron chi connectivity index (χ3n) is 4.41. The van der Waals surface area contributed by atoms with Crippen LogP contribution in [0.15, 0.2) is 18.3 Å². The summed E-state index contributed by atoms with van der Waals surface area (Å²) in [6.45, 7) is 2.55. The lowest BCUT2D eigenvalue weighted by Gasteiger charge is -2.22. The van der Waals surface area contributed by atoms with E-state index in [1.165, 1.54) is 12.8 Å². The van der Waals surface area contributed by atoms with Crippen molar-refractivity contribution in [2.75, 3.05) is 13.6 Å². The molecule has 1 aliphatic rings. The van der Waals surface area contributed by atoms with Crippen LogP contribution in [0.4, 0.5) is 0 Å². The highest BCUT2D eigenvalue weighted by Crippen LogP contribution is 2.31. The Bertz CT molecular complexity index is 614. The first-order valence-electron chi connectivity index (χ1n) is 7.82. The lowest BCUT2D eigenvalue weighted by molar-refractivity contribution is 0.0774. The molecule has 0 aliphatic heterocycles. The molecule has 0 radical (unpaired) electrons. The van der Waals surface area contributed by atoms with Crippen molar-refractivity contribution >= 4 is 5.91 Å². The average Bonchev–Trinajstić information content (AvgIpc) is 3.26. The predicted molar refractivity (Wildman–Crippen MR) is 81.5 cm³/mol. The second-order valence-electron chi connectivity index (χ2n) is 6.10. The minimum Gasteiger partial charge on any atom is -0.340 e. The summed E-state index contributed by atoms with van der Waals surface area (Å²) >= 11 is 0. The Morgan fingerprint density at radius 1 is 1.50 bits per heavy atom. The Labute approximate surface area is 129 Å². The number of carbonyl (C=O) groups excluding carboxylic acids is 1. The number of aromatic nitrogens is 5. The molecule has 3 rings (SSSR count). The molecular formula is C15H22N6O. The number of nitrogens with zero attached hydrogens (tertiary/aromatic N) is 5. The van der Waals surface area contributed by atoms with Crippen LogP contribution in [0.2, 0.25) is 0 Å². The zero-order chi connectivity index (χ0) is 15.5. The second kappa shape index (κ2) is 6.29. The van der Waals surface area contributed by atoms with E-state index in [9.17, 15) is 4.79 Å². The quantitative estimate of drug-likeness (QED) is 0.916. The minimum atomic E-state index is 0.0441. The van der Waals surface area contributed by atoms with E-state index in [4.69, 9.17) is 0 Å². The molecule has 2 heterocycles. The Balaban J connectivity index is 1.69. The van der Waals surface area contributed by atoms with Gasteiger partial charge in [-0.25, -0.2) is 0 Å². The van der Waals surface area contributed by atoms with Crippen LogP contribution in [0.25, 0.3) is 0 Å². The van der Waals surface area contributed by atoms with Crippen LogP contribution >= 0.6 is 0 Å². The molecule has 1 atom stereocenters. The molecule has 1 unspecified atom stereocenters. The van der Waals surface area contributed by atoms with E-state index in [0.717, 1.165) is 18.5 Å². The van der Waals surface area contributed by atoms with Crippen LogP contribution in [-0.4, -0.2) is 49.6 Å². The van der Waals surface area contributed by atoms with Gasteiger partial charge in [0.25, 0.3) is 5.91 Å². The normalized spacial score (nSPS) is 16.8. The lowest BCUT2D eigenvalue weighted by atomic mass is 10.1. The first kappa shape index (κ1) is 14.7. The molecule has 7 heteroatoms. The molecule has 2 aromatic heterocycles. The van der Waals surface area contributed by atoms with E-state index >= 15 is 0 Å². The maximum Gasteiger partial charge on any atom is 0.270 e. The molecule has 1 saturated carbocycles. The van der Waals surface area contributed by atoms with Gasteiger partial charge in [-0.3, -0.25) is 4.79 Å². The Morgan fingerprint density at radius 3 is 2.95 bits per heavy atom. The number of hydrogen-bond acceptors (Lipinski definition) is 4. The summed E-state index contributed by atoms with van der Waals surface area (Å²) in [6, 6.07) is 4.34. The smallest absolute Gasteiger partial charge is 0.270 e. The standard InChI is InChI=1S/C15H22N6O/c1-11(14-16-18-19-17-14)10-20(2)15(22)13-8-5-9-21(13)12-6-3-4-7-12/h5,8-9,11-12H,3-4,6-7,10H2,1-2H3,(H,16,17,18,19). The van der Waals surface area contributed by atoms with Crippen LogP contribution in [0, 0.1) is 0 Å². The topological polar surface area (TPSA) is 79.7 Å². The summed E-state index contributed by atoms with van der Waals surface area (Å²) < 4.78 is 2.14. The van der Waals surface area contributed by atoms with Crippen molar-refractivity contribution in [1.82, 2.24) is 30.1 Å². The van der Waals surface area contributed by atoms with Gasteiger partial charge in [0.2, 0.25) is 0 Å². The highest BCUT2D eigenvalue weighted by atomic mass is 16.2. The van der Waals surface area contributed by atoms with Gasteiger partial charge in [-0.15, -0.1) is 10.2 Å². The van der Waals surface area contributed by atoms with Crippen LogP contribution < -0.4 is 0 Å². The van der Waals surface area contributed by atoms with Gasteiger partial charge in [0.15, 0.2) is 5.82 Å². The Kier molecular flexibility index (Phi) is 4.22. The van der Waals surface area contributed by atoms with Crippen LogP contribution in [0.3, 0.4) is 0 Å². The third-order valence-corrected chi connectivity index (χ3v) is 4.41. The van der Waals surface area contributed by atoms with E-state index in [1.807, 2.05) is 32.3 Å². The Morgan fingerprint density at radius 2 is 2.27 bits per heavy atom. The largest absolute Gasteiger partial charge is 0.340 e. The summed E-state index contributed by atoms with van der Waals surface area (Å²) in [5.41, 5.74) is 0.773. The third kappa shape index (κ3) is 2.88. The lowest BCUT2D eigenvalue weighted by Crippen LogP contribution is -2.32. The number of amides is 1. The van der Waals surface area contributed by atoms with Gasteiger partial charge < -0.3 is 9.47 Å². The predicted octanol–water partition coefficient (Wildman–Crippen LogP) is 1.99. The molecule has 0 aromatic carbocycles. The molecular weight excluding hydrogens is 280 g/mol. The maximum absolute atomic E-state index is 12.7.